The van der Waals surface area contributed by atoms with Crippen LogP contribution < -0.4 is 0 Å². The van der Waals surface area contributed by atoms with Gasteiger partial charge in [-0.05, 0) is 35.9 Å². The van der Waals surface area contributed by atoms with E-state index in [2.05, 4.69) is 11.4 Å². The summed E-state index contributed by atoms with van der Waals surface area (Å²) in [4.78, 5) is 13.9. The molecule has 1 N–H and O–H groups in total. The first kappa shape index (κ1) is 9.12. The Kier molecular flexibility index (Phi) is 1.94. The molecular weight excluding hydrogens is 228 g/mol. The van der Waals surface area contributed by atoms with Crippen LogP contribution in [0.1, 0.15) is 20.1 Å². The molecule has 2 aromatic heterocycles. The second kappa shape index (κ2) is 3.18. The average Bonchev–Trinajstić information content (AvgIpc) is 2.82. The van der Waals surface area contributed by atoms with Crippen LogP contribution in [-0.4, -0.2) is 11.1 Å². The number of carboxylic acids is 1. The summed E-state index contributed by atoms with van der Waals surface area (Å²) in [6.07, 6.45) is 2.03. The number of thiophene rings is 2. The van der Waals surface area contributed by atoms with E-state index in [1.54, 1.807) is 11.3 Å². The second-order valence-corrected chi connectivity index (χ2v) is 5.58. The molecule has 1 aliphatic rings. The van der Waals surface area contributed by atoms with E-state index < -0.39 is 5.97 Å². The van der Waals surface area contributed by atoms with Crippen molar-refractivity contribution in [1.82, 2.24) is 0 Å². The molecule has 2 heterocycles. The van der Waals surface area contributed by atoms with E-state index in [4.69, 9.17) is 5.11 Å². The van der Waals surface area contributed by atoms with Crippen molar-refractivity contribution in [3.8, 4) is 10.4 Å². The van der Waals surface area contributed by atoms with Crippen LogP contribution in [0.3, 0.4) is 0 Å². The monoisotopic (exact) mass is 236 g/mol. The minimum Gasteiger partial charge on any atom is -0.477 e. The van der Waals surface area contributed by atoms with E-state index in [0.717, 1.165) is 17.7 Å². The number of aryl methyl sites for hydroxylation is 2. The van der Waals surface area contributed by atoms with Gasteiger partial charge in [-0.3, -0.25) is 0 Å². The Morgan fingerprint density at radius 2 is 2.27 bits per heavy atom. The number of aromatic carboxylic acids is 1. The number of carboxylic acid groups (broad SMARTS) is 1. The van der Waals surface area contributed by atoms with Crippen LogP contribution in [0.25, 0.3) is 10.4 Å². The van der Waals surface area contributed by atoms with Crippen molar-refractivity contribution in [2.45, 2.75) is 12.8 Å². The molecule has 2 nitrogen and oxygen atoms in total. The van der Waals surface area contributed by atoms with Crippen LogP contribution in [0.15, 0.2) is 17.5 Å². The Labute approximate surface area is 94.8 Å². The molecular formula is C11H8O2S2. The molecule has 0 saturated carbocycles. The Balaban J connectivity index is 2.20. The third kappa shape index (κ3) is 1.33. The zero-order valence-corrected chi connectivity index (χ0v) is 9.45. The van der Waals surface area contributed by atoms with Crippen molar-refractivity contribution in [2.75, 3.05) is 0 Å². The van der Waals surface area contributed by atoms with Crippen molar-refractivity contribution in [3.63, 3.8) is 0 Å². The van der Waals surface area contributed by atoms with Gasteiger partial charge in [0, 0.05) is 15.3 Å². The maximum absolute atomic E-state index is 10.9. The van der Waals surface area contributed by atoms with Gasteiger partial charge in [-0.2, -0.15) is 0 Å². The summed E-state index contributed by atoms with van der Waals surface area (Å²) in [5.41, 5.74) is 2.45. The number of carbonyl (C=O) groups is 1. The van der Waals surface area contributed by atoms with Crippen molar-refractivity contribution >= 4 is 28.6 Å². The van der Waals surface area contributed by atoms with E-state index in [-0.39, 0.29) is 0 Å². The Morgan fingerprint density at radius 3 is 3.07 bits per heavy atom. The van der Waals surface area contributed by atoms with Crippen LogP contribution in [0.4, 0.5) is 0 Å². The normalized spacial score (nSPS) is 13.3. The Hall–Kier alpha value is -1.13. The summed E-state index contributed by atoms with van der Waals surface area (Å²) in [7, 11) is 0. The SMILES string of the molecule is O=C(O)c1cc2c(s1)-c1ccsc1CC2. The highest BCUT2D eigenvalue weighted by Crippen LogP contribution is 2.41. The maximum Gasteiger partial charge on any atom is 0.345 e. The smallest absolute Gasteiger partial charge is 0.345 e. The van der Waals surface area contributed by atoms with Gasteiger partial charge in [0.2, 0.25) is 0 Å². The highest BCUT2D eigenvalue weighted by molar-refractivity contribution is 7.18. The van der Waals surface area contributed by atoms with E-state index >= 15 is 0 Å². The van der Waals surface area contributed by atoms with Crippen LogP contribution >= 0.6 is 22.7 Å². The molecule has 4 heteroatoms. The predicted octanol–water partition coefficient (Wildman–Crippen LogP) is 3.27. The van der Waals surface area contributed by atoms with Gasteiger partial charge in [0.1, 0.15) is 4.88 Å². The van der Waals surface area contributed by atoms with Crippen molar-refractivity contribution in [3.05, 3.63) is 32.8 Å². The molecule has 0 atom stereocenters. The fraction of sp³-hybridized carbons (Fsp3) is 0.182. The topological polar surface area (TPSA) is 37.3 Å². The maximum atomic E-state index is 10.9. The lowest BCUT2D eigenvalue weighted by atomic mass is 9.98. The molecule has 15 heavy (non-hydrogen) atoms. The molecule has 0 aliphatic heterocycles. The molecule has 0 spiro atoms. The Bertz CT molecular complexity index is 537. The zero-order valence-electron chi connectivity index (χ0n) is 7.82. The van der Waals surface area contributed by atoms with Crippen LogP contribution in [0.5, 0.6) is 0 Å². The van der Waals surface area contributed by atoms with Crippen LogP contribution in [0, 0.1) is 0 Å². The molecule has 0 aromatic carbocycles. The van der Waals surface area contributed by atoms with Gasteiger partial charge in [-0.15, -0.1) is 22.7 Å². The summed E-state index contributed by atoms with van der Waals surface area (Å²) in [5.74, 6) is -0.814. The quantitative estimate of drug-likeness (QED) is 0.825. The highest BCUT2D eigenvalue weighted by atomic mass is 32.1. The fourth-order valence-electron chi connectivity index (χ4n) is 1.93. The zero-order chi connectivity index (χ0) is 10.4. The number of hydrogen-bond acceptors (Lipinski definition) is 3. The highest BCUT2D eigenvalue weighted by Gasteiger charge is 2.21. The number of rotatable bonds is 1. The molecule has 0 fully saturated rings. The van der Waals surface area contributed by atoms with E-state index in [9.17, 15) is 4.79 Å². The molecule has 0 bridgehead atoms. The molecule has 0 amide bonds. The molecule has 76 valence electrons. The minimum absolute atomic E-state index is 0.457. The van der Waals surface area contributed by atoms with Crippen LogP contribution in [0.2, 0.25) is 0 Å². The first-order chi connectivity index (χ1) is 7.25. The van der Waals surface area contributed by atoms with Gasteiger partial charge in [-0.25, -0.2) is 4.79 Å². The molecule has 0 radical (unpaired) electrons. The van der Waals surface area contributed by atoms with Crippen LogP contribution in [-0.2, 0) is 12.8 Å². The van der Waals surface area contributed by atoms with Gasteiger partial charge in [0.25, 0.3) is 0 Å². The minimum atomic E-state index is -0.814. The molecule has 2 aromatic rings. The summed E-state index contributed by atoms with van der Waals surface area (Å²) in [5, 5.41) is 11.0. The number of fused-ring (bicyclic) bond motifs is 3. The largest absolute Gasteiger partial charge is 0.477 e. The van der Waals surface area contributed by atoms with Gasteiger partial charge < -0.3 is 5.11 Å². The lowest BCUT2D eigenvalue weighted by Crippen LogP contribution is -1.96. The molecule has 3 rings (SSSR count). The van der Waals surface area contributed by atoms with Gasteiger partial charge in [0.05, 0.1) is 0 Å². The lowest BCUT2D eigenvalue weighted by molar-refractivity contribution is 0.0702. The van der Waals surface area contributed by atoms with Gasteiger partial charge in [0.15, 0.2) is 0 Å². The second-order valence-electron chi connectivity index (χ2n) is 3.53. The molecule has 0 saturated heterocycles. The average molecular weight is 236 g/mol. The molecule has 0 unspecified atom stereocenters. The van der Waals surface area contributed by atoms with E-state index in [1.807, 2.05) is 6.07 Å². The summed E-state index contributed by atoms with van der Waals surface area (Å²) < 4.78 is 0. The third-order valence-corrected chi connectivity index (χ3v) is 4.81. The summed E-state index contributed by atoms with van der Waals surface area (Å²) in [6, 6.07) is 3.92. The lowest BCUT2D eigenvalue weighted by Gasteiger charge is -2.10. The van der Waals surface area contributed by atoms with E-state index in [0.29, 0.717) is 4.88 Å². The number of hydrogen-bond donors (Lipinski definition) is 1. The molecule has 1 aliphatic carbocycles. The first-order valence-corrected chi connectivity index (χ1v) is 6.38. The summed E-state index contributed by atoms with van der Waals surface area (Å²) >= 11 is 3.16. The van der Waals surface area contributed by atoms with Crippen molar-refractivity contribution in [2.24, 2.45) is 0 Å². The standard InChI is InChI=1S/C11H8O2S2/c12-11(13)9-5-6-1-2-8-7(3-4-14-8)10(6)15-9/h3-5H,1-2H2,(H,12,13). The first-order valence-electron chi connectivity index (χ1n) is 4.68. The fourth-order valence-corrected chi connectivity index (χ4v) is 3.98. The third-order valence-electron chi connectivity index (χ3n) is 2.63. The van der Waals surface area contributed by atoms with Crippen molar-refractivity contribution in [1.29, 1.82) is 0 Å². The Morgan fingerprint density at radius 1 is 1.40 bits per heavy atom. The van der Waals surface area contributed by atoms with E-state index in [1.165, 1.54) is 27.3 Å². The van der Waals surface area contributed by atoms with Crippen molar-refractivity contribution < 1.29 is 9.90 Å². The van der Waals surface area contributed by atoms with Gasteiger partial charge >= 0.3 is 5.97 Å². The summed E-state index contributed by atoms with van der Waals surface area (Å²) in [6.45, 7) is 0. The van der Waals surface area contributed by atoms with Gasteiger partial charge in [-0.1, -0.05) is 0 Å². The predicted molar refractivity (Wildman–Crippen MR) is 62.0 cm³/mol.